The fraction of sp³-hybridized carbons (Fsp3) is 0.421. The molecule has 2 aliphatic heterocycles. The highest BCUT2D eigenvalue weighted by atomic mass is 19.3. The van der Waals surface area contributed by atoms with Gasteiger partial charge in [-0.15, -0.1) is 0 Å². The number of aliphatic hydroxyl groups excluding tert-OH is 2. The minimum absolute atomic E-state index is 0.113. The van der Waals surface area contributed by atoms with Gasteiger partial charge in [-0.05, 0) is 42.7 Å². The van der Waals surface area contributed by atoms with Crippen molar-refractivity contribution in [3.8, 4) is 0 Å². The Hall–Kier alpha value is -2.89. The molecule has 1 aromatic heterocycles. The number of carbonyl (C=O) groups excluding carboxylic acids is 1. The minimum atomic E-state index is -3.80. The van der Waals surface area contributed by atoms with Gasteiger partial charge in [-0.3, -0.25) is 9.36 Å². The van der Waals surface area contributed by atoms with Crippen LogP contribution in [-0.2, 0) is 11.2 Å². The maximum atomic E-state index is 14.2. The zero-order valence-corrected chi connectivity index (χ0v) is 15.7. The SMILES string of the molecule is O=C(Nc1ccn(C2O[C@H](CO)[C@@H](O)C2(F)F)c(=O)n1)c1ccc2c(c1)CCCN2. The number of hydrogen-bond donors (Lipinski definition) is 4. The van der Waals surface area contributed by atoms with Crippen molar-refractivity contribution < 1.29 is 28.5 Å². The number of halogens is 2. The molecular formula is C19H20F2N4O5. The van der Waals surface area contributed by atoms with Crippen LogP contribution in [0, 0.1) is 0 Å². The molecule has 1 fully saturated rings. The standard InChI is InChI=1S/C19H20F2N4O5/c20-19(21)15(27)13(9-26)30-17(19)25-7-5-14(24-18(25)29)23-16(28)11-3-4-12-10(8-11)2-1-6-22-12/h3-5,7-8,13,15,17,22,26-27H,1-2,6,9H2,(H,23,24,28,29)/t13-,15-,17?/m1/s1. The average molecular weight is 422 g/mol. The number of carbonyl (C=O) groups is 1. The van der Waals surface area contributed by atoms with E-state index < -0.39 is 42.6 Å². The minimum Gasteiger partial charge on any atom is -0.394 e. The number of ether oxygens (including phenoxy) is 1. The number of fused-ring (bicyclic) bond motifs is 1. The van der Waals surface area contributed by atoms with E-state index in [1.165, 1.54) is 6.07 Å². The fourth-order valence-electron chi connectivity index (χ4n) is 3.58. The maximum Gasteiger partial charge on any atom is 0.351 e. The predicted molar refractivity (Wildman–Crippen MR) is 102 cm³/mol. The molecule has 160 valence electrons. The first-order chi connectivity index (χ1) is 14.3. The summed E-state index contributed by atoms with van der Waals surface area (Å²) in [6.07, 6.45) is -3.13. The van der Waals surface area contributed by atoms with Crippen LogP contribution in [0.15, 0.2) is 35.3 Å². The summed E-state index contributed by atoms with van der Waals surface area (Å²) in [7, 11) is 0. The van der Waals surface area contributed by atoms with Gasteiger partial charge in [-0.2, -0.15) is 13.8 Å². The lowest BCUT2D eigenvalue weighted by molar-refractivity contribution is -0.140. The van der Waals surface area contributed by atoms with Crippen LogP contribution >= 0.6 is 0 Å². The van der Waals surface area contributed by atoms with Crippen LogP contribution in [0.1, 0.15) is 28.6 Å². The number of aliphatic hydroxyl groups is 2. The molecule has 4 N–H and O–H groups in total. The number of aromatic nitrogens is 2. The number of nitrogens with one attached hydrogen (secondary N) is 2. The third-order valence-electron chi connectivity index (χ3n) is 5.19. The van der Waals surface area contributed by atoms with Crippen LogP contribution in [0.5, 0.6) is 0 Å². The molecular weight excluding hydrogens is 402 g/mol. The van der Waals surface area contributed by atoms with Gasteiger partial charge in [0, 0.05) is 24.0 Å². The predicted octanol–water partition coefficient (Wildman–Crippen LogP) is 0.740. The number of alkyl halides is 2. The zero-order valence-electron chi connectivity index (χ0n) is 15.7. The number of benzene rings is 1. The molecule has 9 nitrogen and oxygen atoms in total. The highest BCUT2D eigenvalue weighted by Gasteiger charge is 2.59. The van der Waals surface area contributed by atoms with E-state index in [1.54, 1.807) is 18.2 Å². The first-order valence-corrected chi connectivity index (χ1v) is 9.41. The van der Waals surface area contributed by atoms with Gasteiger partial charge in [-0.25, -0.2) is 4.79 Å². The smallest absolute Gasteiger partial charge is 0.351 e. The molecule has 0 spiro atoms. The Bertz CT molecular complexity index is 1030. The molecule has 3 atom stereocenters. The Balaban J connectivity index is 1.53. The van der Waals surface area contributed by atoms with E-state index >= 15 is 0 Å². The molecule has 1 saturated heterocycles. The summed E-state index contributed by atoms with van der Waals surface area (Å²) in [5, 5.41) is 24.4. The lowest BCUT2D eigenvalue weighted by atomic mass is 10.0. The molecule has 2 aromatic rings. The van der Waals surface area contributed by atoms with Crippen LogP contribution in [0.2, 0.25) is 0 Å². The molecule has 2 aliphatic rings. The number of nitrogens with zero attached hydrogens (tertiary/aromatic N) is 2. The second-order valence-electron chi connectivity index (χ2n) is 7.19. The first-order valence-electron chi connectivity index (χ1n) is 9.41. The van der Waals surface area contributed by atoms with Crippen LogP contribution in [0.4, 0.5) is 20.3 Å². The van der Waals surface area contributed by atoms with Gasteiger partial charge in [0.15, 0.2) is 6.10 Å². The number of anilines is 2. The quantitative estimate of drug-likeness (QED) is 0.573. The van der Waals surface area contributed by atoms with Gasteiger partial charge in [0.2, 0.25) is 6.23 Å². The van der Waals surface area contributed by atoms with E-state index in [1.807, 2.05) is 0 Å². The van der Waals surface area contributed by atoms with Crippen molar-refractivity contribution >= 4 is 17.4 Å². The van der Waals surface area contributed by atoms with Gasteiger partial charge in [0.05, 0.1) is 6.61 Å². The van der Waals surface area contributed by atoms with Gasteiger partial charge in [0.25, 0.3) is 5.91 Å². The van der Waals surface area contributed by atoms with E-state index in [4.69, 9.17) is 9.84 Å². The lowest BCUT2D eigenvalue weighted by Gasteiger charge is -2.21. The van der Waals surface area contributed by atoms with Crippen molar-refractivity contribution in [2.75, 3.05) is 23.8 Å². The van der Waals surface area contributed by atoms with Crippen LogP contribution in [0.25, 0.3) is 0 Å². The monoisotopic (exact) mass is 422 g/mol. The zero-order chi connectivity index (χ0) is 21.5. The van der Waals surface area contributed by atoms with E-state index in [0.717, 1.165) is 36.8 Å². The maximum absolute atomic E-state index is 14.2. The highest BCUT2D eigenvalue weighted by molar-refractivity contribution is 6.04. The van der Waals surface area contributed by atoms with Crippen molar-refractivity contribution in [1.29, 1.82) is 0 Å². The largest absolute Gasteiger partial charge is 0.394 e. The highest BCUT2D eigenvalue weighted by Crippen LogP contribution is 2.42. The molecule has 4 rings (SSSR count). The van der Waals surface area contributed by atoms with Crippen molar-refractivity contribution in [1.82, 2.24) is 9.55 Å². The van der Waals surface area contributed by atoms with Crippen molar-refractivity contribution in [3.63, 3.8) is 0 Å². The molecule has 1 unspecified atom stereocenters. The number of hydrogen-bond acceptors (Lipinski definition) is 7. The third-order valence-corrected chi connectivity index (χ3v) is 5.19. The van der Waals surface area contributed by atoms with Crippen molar-refractivity contribution in [2.45, 2.75) is 37.2 Å². The molecule has 0 saturated carbocycles. The summed E-state index contributed by atoms with van der Waals surface area (Å²) >= 11 is 0. The fourth-order valence-corrected chi connectivity index (χ4v) is 3.58. The van der Waals surface area contributed by atoms with Gasteiger partial charge in [-0.1, -0.05) is 0 Å². The Morgan fingerprint density at radius 3 is 2.90 bits per heavy atom. The van der Waals surface area contributed by atoms with Gasteiger partial charge < -0.3 is 25.6 Å². The molecule has 3 heterocycles. The van der Waals surface area contributed by atoms with E-state index in [0.29, 0.717) is 10.1 Å². The third kappa shape index (κ3) is 3.55. The Kier molecular flexibility index (Phi) is 5.26. The summed E-state index contributed by atoms with van der Waals surface area (Å²) in [6, 6.07) is 6.37. The van der Waals surface area contributed by atoms with Crippen molar-refractivity contribution in [3.05, 3.63) is 52.1 Å². The number of aryl methyl sites for hydroxylation is 1. The Labute approximate surface area is 169 Å². The molecule has 11 heteroatoms. The molecule has 30 heavy (non-hydrogen) atoms. The van der Waals surface area contributed by atoms with Crippen LogP contribution in [0.3, 0.4) is 0 Å². The molecule has 0 bridgehead atoms. The average Bonchev–Trinajstić information content (AvgIpc) is 2.96. The number of amides is 1. The van der Waals surface area contributed by atoms with E-state index in [2.05, 4.69) is 15.6 Å². The summed E-state index contributed by atoms with van der Waals surface area (Å²) in [4.78, 5) is 28.4. The topological polar surface area (TPSA) is 126 Å². The second kappa shape index (κ2) is 7.74. The molecule has 0 aliphatic carbocycles. The first kappa shape index (κ1) is 20.4. The molecule has 1 amide bonds. The molecule has 0 radical (unpaired) electrons. The van der Waals surface area contributed by atoms with Crippen LogP contribution in [-0.4, -0.2) is 57.0 Å². The van der Waals surface area contributed by atoms with Gasteiger partial charge >= 0.3 is 11.6 Å². The Morgan fingerprint density at radius 2 is 2.20 bits per heavy atom. The summed E-state index contributed by atoms with van der Waals surface area (Å²) in [5.74, 6) is -4.41. The van der Waals surface area contributed by atoms with Gasteiger partial charge in [0.1, 0.15) is 11.9 Å². The normalized spacial score (nSPS) is 24.7. The lowest BCUT2D eigenvalue weighted by Crippen LogP contribution is -2.41. The Morgan fingerprint density at radius 1 is 1.40 bits per heavy atom. The van der Waals surface area contributed by atoms with Crippen molar-refractivity contribution in [2.24, 2.45) is 0 Å². The van der Waals surface area contributed by atoms with E-state index in [9.17, 15) is 23.5 Å². The van der Waals surface area contributed by atoms with E-state index in [-0.39, 0.29) is 5.82 Å². The summed E-state index contributed by atoms with van der Waals surface area (Å²) in [6.45, 7) is 0.0401. The van der Waals surface area contributed by atoms with Crippen LogP contribution < -0.4 is 16.3 Å². The summed E-state index contributed by atoms with van der Waals surface area (Å²) < 4.78 is 33.9. The molecule has 1 aromatic carbocycles. The number of rotatable bonds is 4. The second-order valence-corrected chi connectivity index (χ2v) is 7.19. The summed E-state index contributed by atoms with van der Waals surface area (Å²) in [5.41, 5.74) is 1.26.